The van der Waals surface area contributed by atoms with E-state index in [1.54, 1.807) is 13.2 Å². The molecule has 10 heteroatoms. The molecular formula is C31H36N4O6. The summed E-state index contributed by atoms with van der Waals surface area (Å²) in [6.45, 7) is 6.08. The number of rotatable bonds is 10. The molecule has 2 amide bonds. The molecule has 4 rings (SSSR count). The highest BCUT2D eigenvalue weighted by atomic mass is 16.6. The first-order chi connectivity index (χ1) is 19.6. The molecule has 0 radical (unpaired) electrons. The summed E-state index contributed by atoms with van der Waals surface area (Å²) < 4.78 is 11.2. The van der Waals surface area contributed by atoms with E-state index in [0.717, 1.165) is 11.1 Å². The fourth-order valence-electron chi connectivity index (χ4n) is 4.75. The van der Waals surface area contributed by atoms with Crippen LogP contribution in [0, 0.1) is 10.1 Å². The number of carbonyl (C=O) groups excluding carboxylic acids is 2. The summed E-state index contributed by atoms with van der Waals surface area (Å²) in [7, 11) is 1.59. The standard InChI is InChI=1S/C31H36N4O6/c1-31(2,3)33-29(36)28-25-18-23(35(38)39)12-15-26(25)32-27(20-41-19-22-8-6-5-7-9-22)30(37)34(28)17-16-21-10-13-24(40-4)14-11-21/h5-15,18,27-28,32H,16-17,19-20H2,1-4H3,(H,33,36). The second-order valence-electron chi connectivity index (χ2n) is 11.0. The quantitative estimate of drug-likeness (QED) is 0.274. The molecule has 3 aromatic rings. The summed E-state index contributed by atoms with van der Waals surface area (Å²) in [5, 5.41) is 17.9. The summed E-state index contributed by atoms with van der Waals surface area (Å²) >= 11 is 0. The first kappa shape index (κ1) is 29.5. The van der Waals surface area contributed by atoms with E-state index < -0.39 is 28.5 Å². The van der Waals surface area contributed by atoms with Crippen LogP contribution in [-0.4, -0.2) is 53.5 Å². The zero-order chi connectivity index (χ0) is 29.6. The number of nitro groups is 1. The largest absolute Gasteiger partial charge is 0.497 e. The molecular weight excluding hydrogens is 524 g/mol. The number of carbonyl (C=O) groups is 2. The Labute approximate surface area is 239 Å². The van der Waals surface area contributed by atoms with E-state index in [9.17, 15) is 19.7 Å². The maximum Gasteiger partial charge on any atom is 0.269 e. The van der Waals surface area contributed by atoms with Gasteiger partial charge in [0.05, 0.1) is 25.2 Å². The van der Waals surface area contributed by atoms with Crippen molar-refractivity contribution in [2.24, 2.45) is 0 Å². The Bertz CT molecular complexity index is 1370. The van der Waals surface area contributed by atoms with Gasteiger partial charge in [-0.05, 0) is 56.5 Å². The Morgan fingerprint density at radius 3 is 2.39 bits per heavy atom. The van der Waals surface area contributed by atoms with Gasteiger partial charge in [0.2, 0.25) is 11.8 Å². The number of nitrogens with zero attached hydrogens (tertiary/aromatic N) is 2. The van der Waals surface area contributed by atoms with Crippen LogP contribution in [-0.2, 0) is 27.4 Å². The number of ether oxygens (including phenoxy) is 2. The van der Waals surface area contributed by atoms with E-state index in [4.69, 9.17) is 9.47 Å². The summed E-state index contributed by atoms with van der Waals surface area (Å²) in [6, 6.07) is 19.5. The molecule has 3 aromatic carbocycles. The van der Waals surface area contributed by atoms with Crippen LogP contribution in [0.1, 0.15) is 43.5 Å². The van der Waals surface area contributed by atoms with Gasteiger partial charge >= 0.3 is 0 Å². The number of amides is 2. The summed E-state index contributed by atoms with van der Waals surface area (Å²) in [5.41, 5.74) is 1.97. The molecule has 0 saturated carbocycles. The molecule has 0 saturated heterocycles. The van der Waals surface area contributed by atoms with Crippen LogP contribution in [0.3, 0.4) is 0 Å². The molecule has 2 N–H and O–H groups in total. The fraction of sp³-hybridized carbons (Fsp3) is 0.355. The predicted octanol–water partition coefficient (Wildman–Crippen LogP) is 4.64. The monoisotopic (exact) mass is 560 g/mol. The third-order valence-electron chi connectivity index (χ3n) is 6.71. The van der Waals surface area contributed by atoms with Gasteiger partial charge < -0.3 is 25.0 Å². The summed E-state index contributed by atoms with van der Waals surface area (Å²) in [4.78, 5) is 40.6. The number of fused-ring (bicyclic) bond motifs is 1. The van der Waals surface area contributed by atoms with Gasteiger partial charge in [0.25, 0.3) is 5.69 Å². The van der Waals surface area contributed by atoms with Crippen molar-refractivity contribution >= 4 is 23.2 Å². The zero-order valence-electron chi connectivity index (χ0n) is 23.8. The molecule has 0 bridgehead atoms. The molecule has 1 heterocycles. The van der Waals surface area contributed by atoms with E-state index in [0.29, 0.717) is 30.0 Å². The van der Waals surface area contributed by atoms with Crippen molar-refractivity contribution in [2.75, 3.05) is 25.6 Å². The minimum Gasteiger partial charge on any atom is -0.497 e. The molecule has 1 aliphatic heterocycles. The van der Waals surface area contributed by atoms with E-state index in [2.05, 4.69) is 10.6 Å². The average molecular weight is 561 g/mol. The molecule has 10 nitrogen and oxygen atoms in total. The smallest absolute Gasteiger partial charge is 0.269 e. The van der Waals surface area contributed by atoms with Gasteiger partial charge in [0.1, 0.15) is 17.8 Å². The minimum absolute atomic E-state index is 0.0385. The summed E-state index contributed by atoms with van der Waals surface area (Å²) in [6.07, 6.45) is 0.455. The summed E-state index contributed by atoms with van der Waals surface area (Å²) in [5.74, 6) is -0.0439. The van der Waals surface area contributed by atoms with Crippen molar-refractivity contribution in [3.05, 3.63) is 99.6 Å². The van der Waals surface area contributed by atoms with E-state index in [1.165, 1.54) is 17.0 Å². The Kier molecular flexibility index (Phi) is 9.24. The van der Waals surface area contributed by atoms with Crippen LogP contribution in [0.4, 0.5) is 11.4 Å². The molecule has 2 unspecified atom stereocenters. The molecule has 216 valence electrons. The Morgan fingerprint density at radius 1 is 1.05 bits per heavy atom. The van der Waals surface area contributed by atoms with E-state index >= 15 is 0 Å². The number of methoxy groups -OCH3 is 1. The average Bonchev–Trinajstić information content (AvgIpc) is 3.05. The maximum absolute atomic E-state index is 14.1. The highest BCUT2D eigenvalue weighted by Gasteiger charge is 2.41. The van der Waals surface area contributed by atoms with E-state index in [1.807, 2.05) is 75.4 Å². The zero-order valence-corrected chi connectivity index (χ0v) is 23.8. The minimum atomic E-state index is -1.10. The third-order valence-corrected chi connectivity index (χ3v) is 6.71. The van der Waals surface area contributed by atoms with Gasteiger partial charge in [-0.25, -0.2) is 0 Å². The second-order valence-corrected chi connectivity index (χ2v) is 11.0. The van der Waals surface area contributed by atoms with Crippen LogP contribution in [0.5, 0.6) is 5.75 Å². The van der Waals surface area contributed by atoms with Gasteiger partial charge in [-0.3, -0.25) is 19.7 Å². The fourth-order valence-corrected chi connectivity index (χ4v) is 4.75. The molecule has 0 aromatic heterocycles. The van der Waals surface area contributed by atoms with Crippen molar-refractivity contribution in [2.45, 2.75) is 51.4 Å². The lowest BCUT2D eigenvalue weighted by molar-refractivity contribution is -0.384. The van der Waals surface area contributed by atoms with Gasteiger partial charge in [-0.15, -0.1) is 0 Å². The van der Waals surface area contributed by atoms with E-state index in [-0.39, 0.29) is 24.7 Å². The lowest BCUT2D eigenvalue weighted by Gasteiger charge is -2.33. The van der Waals surface area contributed by atoms with Gasteiger partial charge in [0.15, 0.2) is 0 Å². The number of nitrogens with one attached hydrogen (secondary N) is 2. The molecule has 0 spiro atoms. The van der Waals surface area contributed by atoms with Crippen LogP contribution in [0.2, 0.25) is 0 Å². The molecule has 2 atom stereocenters. The van der Waals surface area contributed by atoms with Crippen LogP contribution >= 0.6 is 0 Å². The topological polar surface area (TPSA) is 123 Å². The van der Waals surface area contributed by atoms with Crippen molar-refractivity contribution < 1.29 is 24.0 Å². The number of hydrogen-bond donors (Lipinski definition) is 2. The van der Waals surface area contributed by atoms with Crippen molar-refractivity contribution in [3.63, 3.8) is 0 Å². The number of non-ortho nitro benzene ring substituents is 1. The van der Waals surface area contributed by atoms with Crippen LogP contribution in [0.25, 0.3) is 0 Å². The normalized spacial score (nSPS) is 16.8. The highest BCUT2D eigenvalue weighted by Crippen LogP contribution is 2.36. The van der Waals surface area contributed by atoms with Crippen molar-refractivity contribution in [1.82, 2.24) is 10.2 Å². The third kappa shape index (κ3) is 7.61. The lowest BCUT2D eigenvalue weighted by atomic mass is 9.99. The Hall–Kier alpha value is -4.44. The molecule has 41 heavy (non-hydrogen) atoms. The molecule has 0 fully saturated rings. The Balaban J connectivity index is 1.71. The SMILES string of the molecule is COc1ccc(CCN2C(=O)C(COCc3ccccc3)Nc3ccc([N+](=O)[O-])cc3C2C(=O)NC(C)(C)C)cc1. The number of anilines is 1. The highest BCUT2D eigenvalue weighted by molar-refractivity contribution is 5.95. The molecule has 0 aliphatic carbocycles. The van der Waals surface area contributed by atoms with Crippen LogP contribution < -0.4 is 15.4 Å². The first-order valence-electron chi connectivity index (χ1n) is 13.5. The number of nitro benzene ring substituents is 1. The first-order valence-corrected chi connectivity index (χ1v) is 13.5. The van der Waals surface area contributed by atoms with Gasteiger partial charge in [-0.2, -0.15) is 0 Å². The Morgan fingerprint density at radius 2 is 1.76 bits per heavy atom. The van der Waals surface area contributed by atoms with Gasteiger partial charge in [-0.1, -0.05) is 42.5 Å². The van der Waals surface area contributed by atoms with Crippen molar-refractivity contribution in [1.29, 1.82) is 0 Å². The second kappa shape index (κ2) is 12.8. The van der Waals surface area contributed by atoms with Gasteiger partial charge in [0, 0.05) is 35.5 Å². The number of benzene rings is 3. The van der Waals surface area contributed by atoms with Crippen molar-refractivity contribution in [3.8, 4) is 5.75 Å². The number of hydrogen-bond acceptors (Lipinski definition) is 7. The maximum atomic E-state index is 14.1. The molecule has 1 aliphatic rings. The predicted molar refractivity (Wildman–Crippen MR) is 156 cm³/mol. The lowest BCUT2D eigenvalue weighted by Crippen LogP contribution is -2.52. The van der Waals surface area contributed by atoms with Crippen LogP contribution in [0.15, 0.2) is 72.8 Å².